The molecule has 1 aromatic rings. The molecule has 1 rings (SSSR count). The number of nitrogens with zero attached hydrogens (tertiary/aromatic N) is 1. The van der Waals surface area contributed by atoms with Crippen LogP contribution in [0.1, 0.15) is 12.5 Å². The molecule has 0 bridgehead atoms. The number of aliphatic hydroxyl groups excluding tert-OH is 1. The molecule has 0 radical (unpaired) electrons. The van der Waals surface area contributed by atoms with Gasteiger partial charge in [-0.25, -0.2) is 0 Å². The third-order valence-corrected chi connectivity index (χ3v) is 2.09. The van der Waals surface area contributed by atoms with E-state index in [1.165, 1.54) is 12.1 Å². The molecule has 0 aliphatic rings. The average molecular weight is 241 g/mol. The molecule has 1 aromatic carbocycles. The van der Waals surface area contributed by atoms with Crippen molar-refractivity contribution in [2.75, 3.05) is 19.8 Å². The second-order valence-corrected chi connectivity index (χ2v) is 3.26. The molecule has 0 spiro atoms. The van der Waals surface area contributed by atoms with Crippen LogP contribution in [0.2, 0.25) is 0 Å². The monoisotopic (exact) mass is 241 g/mol. The lowest BCUT2D eigenvalue weighted by molar-refractivity contribution is -0.386. The summed E-state index contributed by atoms with van der Waals surface area (Å²) in [6, 6.07) is 4.37. The molecule has 0 atom stereocenters. The molecule has 17 heavy (non-hydrogen) atoms. The Bertz CT molecular complexity index is 380. The number of hydrogen-bond donors (Lipinski definition) is 1. The first-order valence-corrected chi connectivity index (χ1v) is 5.27. The van der Waals surface area contributed by atoms with E-state index in [2.05, 4.69) is 0 Å². The molecular formula is C11H15NO5. The Morgan fingerprint density at radius 3 is 2.76 bits per heavy atom. The molecule has 0 aliphatic heterocycles. The van der Waals surface area contributed by atoms with Gasteiger partial charge in [0.25, 0.3) is 0 Å². The van der Waals surface area contributed by atoms with E-state index in [0.717, 1.165) is 0 Å². The lowest BCUT2D eigenvalue weighted by Crippen LogP contribution is -2.07. The largest absolute Gasteiger partial charge is 0.484 e. The van der Waals surface area contributed by atoms with Crippen LogP contribution in [-0.4, -0.2) is 29.9 Å². The van der Waals surface area contributed by atoms with Gasteiger partial charge in [0.05, 0.1) is 18.1 Å². The van der Waals surface area contributed by atoms with Crippen LogP contribution < -0.4 is 4.74 Å². The number of rotatable bonds is 7. The molecule has 6 nitrogen and oxygen atoms in total. The highest BCUT2D eigenvalue weighted by molar-refractivity contribution is 5.48. The molecule has 0 unspecified atom stereocenters. The minimum Gasteiger partial charge on any atom is -0.484 e. The first-order valence-electron chi connectivity index (χ1n) is 5.27. The van der Waals surface area contributed by atoms with E-state index >= 15 is 0 Å². The van der Waals surface area contributed by atoms with Gasteiger partial charge >= 0.3 is 5.69 Å². The molecule has 94 valence electrons. The second kappa shape index (κ2) is 6.82. The van der Waals surface area contributed by atoms with E-state index in [4.69, 9.17) is 14.6 Å². The molecular weight excluding hydrogens is 226 g/mol. The summed E-state index contributed by atoms with van der Waals surface area (Å²) in [5.41, 5.74) is 0.335. The van der Waals surface area contributed by atoms with Gasteiger partial charge in [-0.1, -0.05) is 6.07 Å². The predicted molar refractivity (Wildman–Crippen MR) is 61.0 cm³/mol. The summed E-state index contributed by atoms with van der Waals surface area (Å²) in [6.45, 7) is 2.84. The Morgan fingerprint density at radius 2 is 2.18 bits per heavy atom. The number of nitro benzene ring substituents is 1. The molecule has 6 heteroatoms. The van der Waals surface area contributed by atoms with Gasteiger partial charge in [-0.2, -0.15) is 0 Å². The zero-order valence-corrected chi connectivity index (χ0v) is 9.59. The van der Waals surface area contributed by atoms with Crippen molar-refractivity contribution in [3.63, 3.8) is 0 Å². The fraction of sp³-hybridized carbons (Fsp3) is 0.455. The van der Waals surface area contributed by atoms with Crippen molar-refractivity contribution >= 4 is 5.69 Å². The number of nitro groups is 1. The predicted octanol–water partition coefficient (Wildman–Crippen LogP) is 1.50. The van der Waals surface area contributed by atoms with Crippen LogP contribution in [-0.2, 0) is 11.3 Å². The van der Waals surface area contributed by atoms with Crippen molar-refractivity contribution in [3.05, 3.63) is 33.9 Å². The molecule has 0 fully saturated rings. The van der Waals surface area contributed by atoms with Gasteiger partial charge in [0, 0.05) is 12.7 Å². The summed E-state index contributed by atoms with van der Waals surface area (Å²) in [4.78, 5) is 10.3. The van der Waals surface area contributed by atoms with Gasteiger partial charge in [-0.15, -0.1) is 0 Å². The summed E-state index contributed by atoms with van der Waals surface area (Å²) < 4.78 is 10.3. The maximum atomic E-state index is 10.8. The van der Waals surface area contributed by atoms with Gasteiger partial charge < -0.3 is 14.6 Å². The second-order valence-electron chi connectivity index (χ2n) is 3.26. The Kier molecular flexibility index (Phi) is 5.38. The maximum absolute atomic E-state index is 10.8. The normalized spacial score (nSPS) is 10.2. The number of hydrogen-bond acceptors (Lipinski definition) is 5. The van der Waals surface area contributed by atoms with Crippen LogP contribution >= 0.6 is 0 Å². The van der Waals surface area contributed by atoms with Crippen molar-refractivity contribution in [1.82, 2.24) is 0 Å². The topological polar surface area (TPSA) is 81.8 Å². The van der Waals surface area contributed by atoms with Gasteiger partial charge in [0.15, 0.2) is 5.75 Å². The first kappa shape index (κ1) is 13.4. The van der Waals surface area contributed by atoms with Gasteiger partial charge in [-0.05, 0) is 18.6 Å². The smallest absolute Gasteiger partial charge is 0.311 e. The van der Waals surface area contributed by atoms with Crippen LogP contribution in [0.15, 0.2) is 18.2 Å². The molecule has 0 saturated carbocycles. The van der Waals surface area contributed by atoms with Crippen molar-refractivity contribution in [1.29, 1.82) is 0 Å². The Balaban J connectivity index is 2.73. The average Bonchev–Trinajstić information content (AvgIpc) is 2.34. The number of benzene rings is 1. The van der Waals surface area contributed by atoms with Gasteiger partial charge in [0.1, 0.15) is 6.61 Å². The Hall–Kier alpha value is -1.66. The highest BCUT2D eigenvalue weighted by atomic mass is 16.6. The highest BCUT2D eigenvalue weighted by Crippen LogP contribution is 2.27. The van der Waals surface area contributed by atoms with Crippen molar-refractivity contribution in [3.8, 4) is 5.75 Å². The zero-order valence-electron chi connectivity index (χ0n) is 9.59. The summed E-state index contributed by atoms with van der Waals surface area (Å²) in [7, 11) is 0. The Labute approximate surface area is 98.9 Å². The van der Waals surface area contributed by atoms with Crippen LogP contribution in [0.3, 0.4) is 0 Å². The van der Waals surface area contributed by atoms with Crippen LogP contribution in [0.5, 0.6) is 5.75 Å². The quantitative estimate of drug-likeness (QED) is 0.444. The molecule has 0 aliphatic carbocycles. The maximum Gasteiger partial charge on any atom is 0.311 e. The minimum atomic E-state index is -0.533. The highest BCUT2D eigenvalue weighted by Gasteiger charge is 2.15. The van der Waals surface area contributed by atoms with Crippen molar-refractivity contribution in [2.45, 2.75) is 13.5 Å². The van der Waals surface area contributed by atoms with Crippen LogP contribution in [0.4, 0.5) is 5.69 Å². The zero-order chi connectivity index (χ0) is 12.7. The summed E-state index contributed by atoms with van der Waals surface area (Å²) in [5, 5.41) is 19.7. The standard InChI is InChI=1S/C11H15NO5/c1-2-16-5-6-17-11-4-3-9(8-13)7-10(11)12(14)15/h3-4,7,13H,2,5-6,8H2,1H3. The SMILES string of the molecule is CCOCCOc1ccc(CO)cc1[N+](=O)[O-]. The first-order chi connectivity index (χ1) is 8.19. The van der Waals surface area contributed by atoms with E-state index in [1.54, 1.807) is 6.07 Å². The van der Waals surface area contributed by atoms with Crippen LogP contribution in [0.25, 0.3) is 0 Å². The molecule has 0 amide bonds. The van der Waals surface area contributed by atoms with Crippen molar-refractivity contribution in [2.24, 2.45) is 0 Å². The summed E-state index contributed by atoms with van der Waals surface area (Å²) in [6.07, 6.45) is 0. The van der Waals surface area contributed by atoms with Crippen molar-refractivity contribution < 1.29 is 19.5 Å². The van der Waals surface area contributed by atoms with E-state index in [9.17, 15) is 10.1 Å². The van der Waals surface area contributed by atoms with Crippen LogP contribution in [0, 0.1) is 10.1 Å². The fourth-order valence-corrected chi connectivity index (χ4v) is 1.28. The van der Waals surface area contributed by atoms with E-state index in [1.807, 2.05) is 6.92 Å². The summed E-state index contributed by atoms with van der Waals surface area (Å²) in [5.74, 6) is 0.187. The fourth-order valence-electron chi connectivity index (χ4n) is 1.28. The third-order valence-electron chi connectivity index (χ3n) is 2.09. The molecule has 0 saturated heterocycles. The molecule has 1 N–H and O–H groups in total. The Morgan fingerprint density at radius 1 is 1.41 bits per heavy atom. The molecule has 0 heterocycles. The summed E-state index contributed by atoms with van der Waals surface area (Å²) >= 11 is 0. The lowest BCUT2D eigenvalue weighted by atomic mass is 10.2. The van der Waals surface area contributed by atoms with E-state index < -0.39 is 4.92 Å². The van der Waals surface area contributed by atoms with E-state index in [-0.39, 0.29) is 24.7 Å². The third kappa shape index (κ3) is 4.01. The van der Waals surface area contributed by atoms with E-state index in [0.29, 0.717) is 18.8 Å². The molecule has 0 aromatic heterocycles. The van der Waals surface area contributed by atoms with Gasteiger partial charge in [0.2, 0.25) is 0 Å². The van der Waals surface area contributed by atoms with Gasteiger partial charge in [-0.3, -0.25) is 10.1 Å². The minimum absolute atomic E-state index is 0.145. The lowest BCUT2D eigenvalue weighted by Gasteiger charge is -2.07. The number of aliphatic hydroxyl groups is 1. The number of ether oxygens (including phenoxy) is 2.